The Balaban J connectivity index is 3.08. The Labute approximate surface area is 115 Å². The van der Waals surface area contributed by atoms with Crippen molar-refractivity contribution in [3.63, 3.8) is 0 Å². The fourth-order valence-corrected chi connectivity index (χ4v) is 1.71. The van der Waals surface area contributed by atoms with E-state index in [9.17, 15) is 23.4 Å². The van der Waals surface area contributed by atoms with E-state index in [-0.39, 0.29) is 11.3 Å². The fourth-order valence-electron chi connectivity index (χ4n) is 1.71. The lowest BCUT2D eigenvalue weighted by molar-refractivity contribution is -0.274. The number of rotatable bonds is 3. The molecule has 4 N–H and O–H groups in total. The number of ether oxygens (including phenoxy) is 1. The van der Waals surface area contributed by atoms with E-state index in [1.54, 1.807) is 20.8 Å². The van der Waals surface area contributed by atoms with E-state index in [4.69, 9.17) is 5.73 Å². The molecule has 0 aliphatic heterocycles. The maximum Gasteiger partial charge on any atom is 0.573 e. The number of nitrogens with two attached hydrogens (primary N) is 1. The molecular weight excluding hydrogens is 275 g/mol. The Kier molecular flexibility index (Phi) is 4.55. The van der Waals surface area contributed by atoms with Crippen molar-refractivity contribution in [2.45, 2.75) is 39.3 Å². The molecule has 0 unspecified atom stereocenters. The largest absolute Gasteiger partial charge is 0.573 e. The zero-order valence-electron chi connectivity index (χ0n) is 11.4. The third-order valence-corrected chi connectivity index (χ3v) is 2.82. The molecule has 0 heterocycles. The maximum absolute atomic E-state index is 12.2. The van der Waals surface area contributed by atoms with Gasteiger partial charge in [0.1, 0.15) is 11.5 Å². The molecule has 0 fully saturated rings. The van der Waals surface area contributed by atoms with Crippen LogP contribution in [0.25, 0.3) is 0 Å². The topological polar surface area (TPSA) is 75.7 Å². The molecule has 20 heavy (non-hydrogen) atoms. The first-order valence-electron chi connectivity index (χ1n) is 5.94. The number of aliphatic hydroxyl groups excluding tert-OH is 1. The minimum Gasteiger partial charge on any atom is -0.508 e. The third-order valence-electron chi connectivity index (χ3n) is 2.82. The Morgan fingerprint density at radius 2 is 1.75 bits per heavy atom. The number of halogens is 3. The molecule has 0 saturated heterocycles. The minimum atomic E-state index is -4.83. The highest BCUT2D eigenvalue weighted by molar-refractivity contribution is 5.41. The molecule has 0 radical (unpaired) electrons. The Morgan fingerprint density at radius 3 is 2.20 bits per heavy atom. The molecule has 1 aromatic rings. The van der Waals surface area contributed by atoms with E-state index in [0.717, 1.165) is 18.2 Å². The molecule has 7 heteroatoms. The van der Waals surface area contributed by atoms with Crippen molar-refractivity contribution >= 4 is 0 Å². The van der Waals surface area contributed by atoms with Gasteiger partial charge in [-0.3, -0.25) is 0 Å². The smallest absolute Gasteiger partial charge is 0.508 e. The van der Waals surface area contributed by atoms with Crippen LogP contribution in [0.1, 0.15) is 32.4 Å². The summed E-state index contributed by atoms with van der Waals surface area (Å²) in [5, 5.41) is 19.7. The number of hydrogen-bond acceptors (Lipinski definition) is 4. The molecule has 0 aliphatic carbocycles. The van der Waals surface area contributed by atoms with Gasteiger partial charge in [-0.2, -0.15) is 0 Å². The molecule has 1 rings (SSSR count). The van der Waals surface area contributed by atoms with Crippen LogP contribution < -0.4 is 10.5 Å². The Morgan fingerprint density at radius 1 is 1.20 bits per heavy atom. The SMILES string of the molecule is CC(C)(C)[C@@H](O)[C@@H](N)c1cc(OC(F)(F)F)ccc1O. The number of alkyl halides is 3. The molecular formula is C13H18F3NO3. The average molecular weight is 293 g/mol. The second-order valence-electron chi connectivity index (χ2n) is 5.61. The van der Waals surface area contributed by atoms with Crippen LogP contribution in [0.4, 0.5) is 13.2 Å². The third kappa shape index (κ3) is 4.28. The zero-order valence-corrected chi connectivity index (χ0v) is 11.4. The van der Waals surface area contributed by atoms with Crippen molar-refractivity contribution < 1.29 is 28.1 Å². The fraction of sp³-hybridized carbons (Fsp3) is 0.538. The molecule has 0 spiro atoms. The summed E-state index contributed by atoms with van der Waals surface area (Å²) >= 11 is 0. The van der Waals surface area contributed by atoms with Crippen molar-refractivity contribution in [2.24, 2.45) is 11.1 Å². The van der Waals surface area contributed by atoms with Gasteiger partial charge in [0.15, 0.2) is 0 Å². The molecule has 1 aromatic carbocycles. The average Bonchev–Trinajstić information content (AvgIpc) is 2.26. The van der Waals surface area contributed by atoms with Gasteiger partial charge in [-0.1, -0.05) is 20.8 Å². The number of aliphatic hydroxyl groups is 1. The Bertz CT molecular complexity index is 469. The summed E-state index contributed by atoms with van der Waals surface area (Å²) in [6, 6.07) is 1.96. The first-order valence-corrected chi connectivity index (χ1v) is 5.94. The normalized spacial score (nSPS) is 15.8. The Hall–Kier alpha value is -1.47. The predicted octanol–water partition coefficient (Wildman–Crippen LogP) is 2.70. The zero-order chi connectivity index (χ0) is 15.7. The number of phenolic OH excluding ortho intramolecular Hbond substituents is 1. The molecule has 0 aliphatic rings. The highest BCUT2D eigenvalue weighted by Crippen LogP contribution is 2.35. The molecule has 0 amide bonds. The second-order valence-corrected chi connectivity index (χ2v) is 5.61. The summed E-state index contributed by atoms with van der Waals surface area (Å²) < 4.78 is 40.2. The lowest BCUT2D eigenvalue weighted by atomic mass is 9.82. The van der Waals surface area contributed by atoms with E-state index in [1.165, 1.54) is 0 Å². The quantitative estimate of drug-likeness (QED) is 0.801. The standard InChI is InChI=1S/C13H18F3NO3/c1-12(2,3)11(19)10(17)8-6-7(4-5-9(8)18)20-13(14,15)16/h4-6,10-11,18-19H,17H2,1-3H3/t10-,11-/m0/s1. The van der Waals surface area contributed by atoms with Gasteiger partial charge in [-0.05, 0) is 23.6 Å². The molecule has 0 bridgehead atoms. The van der Waals surface area contributed by atoms with Crippen LogP contribution in [0.5, 0.6) is 11.5 Å². The number of benzene rings is 1. The number of hydrogen-bond donors (Lipinski definition) is 3. The first kappa shape index (κ1) is 16.6. The van der Waals surface area contributed by atoms with E-state index >= 15 is 0 Å². The van der Waals surface area contributed by atoms with Gasteiger partial charge < -0.3 is 20.7 Å². The van der Waals surface area contributed by atoms with Crippen molar-refractivity contribution in [3.8, 4) is 11.5 Å². The van der Waals surface area contributed by atoms with Crippen LogP contribution in [0.15, 0.2) is 18.2 Å². The minimum absolute atomic E-state index is 0.00539. The summed E-state index contributed by atoms with van der Waals surface area (Å²) in [6.45, 7) is 5.18. The highest BCUT2D eigenvalue weighted by Gasteiger charge is 2.33. The van der Waals surface area contributed by atoms with Gasteiger partial charge in [0.05, 0.1) is 12.1 Å². The van der Waals surface area contributed by atoms with Gasteiger partial charge in [0.2, 0.25) is 0 Å². The summed E-state index contributed by atoms with van der Waals surface area (Å²) in [7, 11) is 0. The van der Waals surface area contributed by atoms with Crippen LogP contribution in [0.3, 0.4) is 0 Å². The number of phenols is 1. The van der Waals surface area contributed by atoms with Crippen molar-refractivity contribution in [1.29, 1.82) is 0 Å². The van der Waals surface area contributed by atoms with Crippen LogP contribution in [0, 0.1) is 5.41 Å². The van der Waals surface area contributed by atoms with Crippen molar-refractivity contribution in [1.82, 2.24) is 0 Å². The van der Waals surface area contributed by atoms with Gasteiger partial charge >= 0.3 is 6.36 Å². The van der Waals surface area contributed by atoms with Gasteiger partial charge in [-0.15, -0.1) is 13.2 Å². The van der Waals surface area contributed by atoms with Crippen LogP contribution in [-0.2, 0) is 0 Å². The molecule has 114 valence electrons. The lowest BCUT2D eigenvalue weighted by Crippen LogP contribution is -2.37. The van der Waals surface area contributed by atoms with E-state index in [1.807, 2.05) is 0 Å². The summed E-state index contributed by atoms with van der Waals surface area (Å²) in [5.41, 5.74) is 5.22. The molecule has 2 atom stereocenters. The summed E-state index contributed by atoms with van der Waals surface area (Å²) in [5.74, 6) is -0.794. The van der Waals surface area contributed by atoms with Crippen LogP contribution in [-0.4, -0.2) is 22.7 Å². The van der Waals surface area contributed by atoms with E-state index < -0.39 is 29.7 Å². The van der Waals surface area contributed by atoms with Crippen LogP contribution in [0.2, 0.25) is 0 Å². The highest BCUT2D eigenvalue weighted by atomic mass is 19.4. The van der Waals surface area contributed by atoms with Gasteiger partial charge in [0, 0.05) is 5.56 Å². The van der Waals surface area contributed by atoms with Crippen molar-refractivity contribution in [2.75, 3.05) is 0 Å². The van der Waals surface area contributed by atoms with Crippen LogP contribution >= 0.6 is 0 Å². The van der Waals surface area contributed by atoms with E-state index in [0.29, 0.717) is 0 Å². The predicted molar refractivity (Wildman–Crippen MR) is 67.2 cm³/mol. The van der Waals surface area contributed by atoms with E-state index in [2.05, 4.69) is 4.74 Å². The van der Waals surface area contributed by atoms with Gasteiger partial charge in [-0.25, -0.2) is 0 Å². The van der Waals surface area contributed by atoms with Gasteiger partial charge in [0.25, 0.3) is 0 Å². The molecule has 0 saturated carbocycles. The molecule has 0 aromatic heterocycles. The first-order chi connectivity index (χ1) is 8.92. The summed E-state index contributed by atoms with van der Waals surface area (Å²) in [6.07, 6.45) is -5.88. The lowest BCUT2D eigenvalue weighted by Gasteiger charge is -2.31. The second kappa shape index (κ2) is 5.49. The van der Waals surface area contributed by atoms with Crippen molar-refractivity contribution in [3.05, 3.63) is 23.8 Å². The summed E-state index contributed by atoms with van der Waals surface area (Å²) in [4.78, 5) is 0. The molecule has 4 nitrogen and oxygen atoms in total. The monoisotopic (exact) mass is 293 g/mol. The number of aromatic hydroxyl groups is 1. The maximum atomic E-state index is 12.2.